The number of esters is 1. The number of carbonyl (C=O) groups excluding carboxylic acids is 2. The van der Waals surface area contributed by atoms with Crippen molar-refractivity contribution < 1.29 is 18.7 Å². The fraction of sp³-hybridized carbons (Fsp3) is 0.267. The van der Waals surface area contributed by atoms with Crippen LogP contribution in [0.3, 0.4) is 0 Å². The summed E-state index contributed by atoms with van der Waals surface area (Å²) in [5, 5.41) is 0.730. The second-order valence-electron chi connectivity index (χ2n) is 9.84. The van der Waals surface area contributed by atoms with Crippen molar-refractivity contribution in [3.8, 4) is 22.3 Å². The summed E-state index contributed by atoms with van der Waals surface area (Å²) in [6, 6.07) is 11.8. The van der Waals surface area contributed by atoms with Gasteiger partial charge in [0.1, 0.15) is 11.7 Å². The Morgan fingerprint density at radius 2 is 1.90 bits per heavy atom. The van der Waals surface area contributed by atoms with Crippen LogP contribution in [0.25, 0.3) is 33.3 Å². The van der Waals surface area contributed by atoms with Gasteiger partial charge in [0.25, 0.3) is 0 Å². The minimum absolute atomic E-state index is 0.226. The number of nitrogens with two attached hydrogens (primary N) is 1. The molecule has 1 aromatic carbocycles. The Bertz CT molecular complexity index is 1530. The summed E-state index contributed by atoms with van der Waals surface area (Å²) in [4.78, 5) is 34.6. The topological polar surface area (TPSA) is 103 Å². The number of anilines is 1. The fourth-order valence-corrected chi connectivity index (χ4v) is 4.44. The van der Waals surface area contributed by atoms with Gasteiger partial charge in [0, 0.05) is 53.9 Å². The molecule has 0 aliphatic carbocycles. The third kappa shape index (κ3) is 6.04. The highest BCUT2D eigenvalue weighted by Gasteiger charge is 2.23. The molecule has 0 fully saturated rings. The number of fused-ring (bicyclic) bond motifs is 1. The van der Waals surface area contributed by atoms with E-state index < -0.39 is 24.2 Å². The van der Waals surface area contributed by atoms with Crippen molar-refractivity contribution in [1.29, 1.82) is 0 Å². The average molecular weight is 530 g/mol. The van der Waals surface area contributed by atoms with Gasteiger partial charge in [-0.1, -0.05) is 32.6 Å². The number of rotatable bonds is 9. The largest absolute Gasteiger partial charge is 0.440 e. The summed E-state index contributed by atoms with van der Waals surface area (Å²) >= 11 is 0. The normalized spacial score (nSPS) is 12.8. The van der Waals surface area contributed by atoms with E-state index in [1.54, 1.807) is 37.0 Å². The number of hydrogen-bond donors (Lipinski definition) is 1. The Labute approximate surface area is 226 Å². The molecule has 3 heterocycles. The molecular formula is C30H32FN5O3. The lowest BCUT2D eigenvalue weighted by Gasteiger charge is -2.19. The molecule has 4 rings (SSSR count). The zero-order valence-corrected chi connectivity index (χ0v) is 22.5. The van der Waals surface area contributed by atoms with Crippen LogP contribution in [0.5, 0.6) is 0 Å². The van der Waals surface area contributed by atoms with E-state index in [1.165, 1.54) is 23.2 Å². The number of ether oxygens (including phenoxy) is 1. The number of carbonyl (C=O) groups is 2. The number of nitrogens with zero attached hydrogens (tertiary/aromatic N) is 4. The first-order valence-electron chi connectivity index (χ1n) is 12.7. The van der Waals surface area contributed by atoms with Gasteiger partial charge in [-0.3, -0.25) is 14.2 Å². The van der Waals surface area contributed by atoms with Crippen LogP contribution in [0.15, 0.2) is 73.7 Å². The minimum atomic E-state index is -0.735. The number of aromatic nitrogens is 3. The summed E-state index contributed by atoms with van der Waals surface area (Å²) in [5.74, 6) is -1.09. The first-order chi connectivity index (χ1) is 18.6. The molecule has 2 atom stereocenters. The molecule has 0 aliphatic heterocycles. The number of hydrogen-bond acceptors (Lipinski definition) is 6. The van der Waals surface area contributed by atoms with E-state index in [9.17, 15) is 14.0 Å². The minimum Gasteiger partial charge on any atom is -0.440 e. The van der Waals surface area contributed by atoms with Gasteiger partial charge in [0.15, 0.2) is 6.23 Å². The molecule has 2 N–H and O–H groups in total. The third-order valence-electron chi connectivity index (χ3n) is 6.49. The molecule has 39 heavy (non-hydrogen) atoms. The first kappa shape index (κ1) is 27.7. The van der Waals surface area contributed by atoms with Crippen molar-refractivity contribution in [2.24, 2.45) is 11.7 Å². The van der Waals surface area contributed by atoms with Crippen LogP contribution in [-0.2, 0) is 14.3 Å². The van der Waals surface area contributed by atoms with Crippen LogP contribution in [0.1, 0.15) is 33.4 Å². The van der Waals surface area contributed by atoms with Gasteiger partial charge in [-0.2, -0.15) is 4.39 Å². The van der Waals surface area contributed by atoms with Gasteiger partial charge >= 0.3 is 5.97 Å². The van der Waals surface area contributed by atoms with Crippen molar-refractivity contribution in [3.63, 3.8) is 0 Å². The van der Waals surface area contributed by atoms with Crippen LogP contribution in [0.4, 0.5) is 10.1 Å². The van der Waals surface area contributed by atoms with Crippen LogP contribution in [0, 0.1) is 11.9 Å². The molecule has 1 unspecified atom stereocenters. The highest BCUT2D eigenvalue weighted by molar-refractivity contribution is 6.01. The summed E-state index contributed by atoms with van der Waals surface area (Å²) in [7, 11) is 1.68. The van der Waals surface area contributed by atoms with Crippen LogP contribution < -0.4 is 10.6 Å². The predicted molar refractivity (Wildman–Crippen MR) is 150 cm³/mol. The molecular weight excluding hydrogens is 497 g/mol. The standard InChI is InChI=1S/C30H32FN5O3/c1-6-28(37)35(5)23-9-7-8-20(13-23)22-14-24-25(21-10-11-33-27(31)15-21)17-36(29(24)34-16-22)19(4)39-30(38)26(32)12-18(2)3/h6-11,13-19,26H,1,12,32H2,2-5H3/t19?,26-/m0/s1. The first-order valence-corrected chi connectivity index (χ1v) is 12.7. The Kier molecular flexibility index (Phi) is 8.21. The maximum Gasteiger partial charge on any atom is 0.324 e. The van der Waals surface area contributed by atoms with Crippen LogP contribution >= 0.6 is 0 Å². The maximum absolute atomic E-state index is 14.1. The molecule has 0 aliphatic rings. The maximum atomic E-state index is 14.1. The third-order valence-corrected chi connectivity index (χ3v) is 6.49. The number of halogens is 1. The van der Waals surface area contributed by atoms with Gasteiger partial charge in [0.05, 0.1) is 0 Å². The van der Waals surface area contributed by atoms with Gasteiger partial charge in [0.2, 0.25) is 11.9 Å². The molecule has 202 valence electrons. The fourth-order valence-electron chi connectivity index (χ4n) is 4.44. The SMILES string of the molecule is C=CC(=O)N(C)c1cccc(-c2cnc3c(c2)c(-c2ccnc(F)c2)cn3C(C)OC(=O)[C@@H](N)CC(C)C)c1. The lowest BCUT2D eigenvalue weighted by Crippen LogP contribution is -2.34. The number of benzene rings is 1. The van der Waals surface area contributed by atoms with Crippen molar-refractivity contribution in [1.82, 2.24) is 14.5 Å². The Hall–Kier alpha value is -4.37. The molecule has 0 saturated heterocycles. The van der Waals surface area contributed by atoms with E-state index in [-0.39, 0.29) is 11.8 Å². The molecule has 0 bridgehead atoms. The quantitative estimate of drug-likeness (QED) is 0.175. The predicted octanol–water partition coefficient (Wildman–Crippen LogP) is 5.49. The summed E-state index contributed by atoms with van der Waals surface area (Å²) in [6.07, 6.45) is 5.95. The summed E-state index contributed by atoms with van der Waals surface area (Å²) < 4.78 is 21.5. The van der Waals surface area contributed by atoms with Gasteiger partial charge in [-0.05, 0) is 60.7 Å². The highest BCUT2D eigenvalue weighted by atomic mass is 19.1. The number of amides is 1. The lowest BCUT2D eigenvalue weighted by molar-refractivity contribution is -0.154. The zero-order chi connectivity index (χ0) is 28.3. The molecule has 4 aromatic rings. The van der Waals surface area contributed by atoms with Gasteiger partial charge in [-0.25, -0.2) is 9.97 Å². The zero-order valence-electron chi connectivity index (χ0n) is 22.5. The number of likely N-dealkylation sites (N-methyl/N-ethyl adjacent to an activating group) is 1. The van der Waals surface area contributed by atoms with E-state index >= 15 is 0 Å². The smallest absolute Gasteiger partial charge is 0.324 e. The van der Waals surface area contributed by atoms with E-state index in [0.717, 1.165) is 16.5 Å². The molecule has 8 nitrogen and oxygen atoms in total. The molecule has 1 amide bonds. The van der Waals surface area contributed by atoms with E-state index in [1.807, 2.05) is 44.2 Å². The van der Waals surface area contributed by atoms with E-state index in [2.05, 4.69) is 11.6 Å². The highest BCUT2D eigenvalue weighted by Crippen LogP contribution is 2.35. The second-order valence-corrected chi connectivity index (χ2v) is 9.84. The van der Waals surface area contributed by atoms with Crippen molar-refractivity contribution >= 4 is 28.6 Å². The summed E-state index contributed by atoms with van der Waals surface area (Å²) in [5.41, 5.74) is 10.2. The van der Waals surface area contributed by atoms with Crippen molar-refractivity contribution in [2.75, 3.05) is 11.9 Å². The van der Waals surface area contributed by atoms with Crippen LogP contribution in [-0.4, -0.2) is 39.5 Å². The van der Waals surface area contributed by atoms with E-state index in [4.69, 9.17) is 15.5 Å². The molecule has 0 spiro atoms. The molecule has 0 radical (unpaired) electrons. The number of pyridine rings is 2. The Morgan fingerprint density at radius 1 is 1.13 bits per heavy atom. The Morgan fingerprint density at radius 3 is 2.59 bits per heavy atom. The summed E-state index contributed by atoms with van der Waals surface area (Å²) in [6.45, 7) is 9.27. The van der Waals surface area contributed by atoms with Crippen molar-refractivity contribution in [3.05, 3.63) is 79.7 Å². The van der Waals surface area contributed by atoms with Gasteiger partial charge < -0.3 is 15.4 Å². The lowest BCUT2D eigenvalue weighted by atomic mass is 10.0. The molecule has 3 aromatic heterocycles. The molecule has 9 heteroatoms. The average Bonchev–Trinajstić information content (AvgIpc) is 3.31. The monoisotopic (exact) mass is 529 g/mol. The van der Waals surface area contributed by atoms with Crippen LogP contribution in [0.2, 0.25) is 0 Å². The van der Waals surface area contributed by atoms with E-state index in [0.29, 0.717) is 28.9 Å². The van der Waals surface area contributed by atoms with Crippen molar-refractivity contribution in [2.45, 2.75) is 39.5 Å². The second kappa shape index (κ2) is 11.6. The Balaban J connectivity index is 1.79. The molecule has 0 saturated carbocycles. The van der Waals surface area contributed by atoms with Gasteiger partial charge in [-0.15, -0.1) is 0 Å².